The average molecular weight is 343 g/mol. The van der Waals surface area contributed by atoms with E-state index in [1.165, 1.54) is 24.3 Å². The summed E-state index contributed by atoms with van der Waals surface area (Å²) in [5, 5.41) is 9.12. The van der Waals surface area contributed by atoms with E-state index in [4.69, 9.17) is 4.52 Å². The van der Waals surface area contributed by atoms with E-state index >= 15 is 0 Å². The summed E-state index contributed by atoms with van der Waals surface area (Å²) in [5.41, 5.74) is 1.20. The molecule has 1 aromatic heterocycles. The molecule has 0 aliphatic carbocycles. The Kier molecular flexibility index (Phi) is 5.32. The lowest BCUT2D eigenvalue weighted by Gasteiger charge is -2.15. The molecule has 2 rings (SSSR count). The zero-order valence-corrected chi connectivity index (χ0v) is 13.0. The number of aromatic nitrogens is 1. The number of nitrogens with one attached hydrogen (secondary N) is 2. The molecule has 130 valence electrons. The van der Waals surface area contributed by atoms with E-state index in [1.807, 2.05) is 0 Å². The summed E-state index contributed by atoms with van der Waals surface area (Å²) in [6, 6.07) is 6.80. The van der Waals surface area contributed by atoms with Crippen molar-refractivity contribution >= 4 is 17.5 Å². The van der Waals surface area contributed by atoms with E-state index in [1.54, 1.807) is 19.9 Å². The van der Waals surface area contributed by atoms with Crippen molar-refractivity contribution in [3.63, 3.8) is 0 Å². The molecule has 0 radical (unpaired) electrons. The molecule has 2 aromatic rings. The van der Waals surface area contributed by atoms with E-state index in [9.17, 15) is 18.0 Å². The molecule has 0 saturated carbocycles. The highest BCUT2D eigenvalue weighted by atomic mass is 19.4. The van der Waals surface area contributed by atoms with Crippen LogP contribution in [0.15, 0.2) is 34.9 Å². The lowest BCUT2D eigenvalue weighted by atomic mass is 10.2. The van der Waals surface area contributed by atoms with Gasteiger partial charge >= 0.3 is 6.18 Å². The molecule has 0 spiro atoms. The van der Waals surface area contributed by atoms with E-state index in [0.29, 0.717) is 11.4 Å². The molecule has 24 heavy (non-hydrogen) atoms. The number of alkyl halides is 3. The Hall–Kier alpha value is -2.71. The van der Waals surface area contributed by atoms with Crippen molar-refractivity contribution in [2.24, 2.45) is 0 Å². The molecule has 0 aliphatic rings. The molecule has 0 aliphatic heterocycles. The zero-order chi connectivity index (χ0) is 17.7. The maximum absolute atomic E-state index is 12.1. The molecular formula is C15H16F3N3O3. The highest BCUT2D eigenvalue weighted by Gasteiger charge is 2.28. The van der Waals surface area contributed by atoms with E-state index in [2.05, 4.69) is 20.5 Å². The van der Waals surface area contributed by atoms with Gasteiger partial charge in [0.05, 0.1) is 5.69 Å². The lowest BCUT2D eigenvalue weighted by Crippen LogP contribution is -2.31. The quantitative estimate of drug-likeness (QED) is 0.841. The number of hydrogen-bond donors (Lipinski definition) is 2. The van der Waals surface area contributed by atoms with Crippen LogP contribution in [0, 0.1) is 6.92 Å². The number of aryl methyl sites for hydroxylation is 1. The Morgan fingerprint density at radius 2 is 2.00 bits per heavy atom. The van der Waals surface area contributed by atoms with Gasteiger partial charge in [-0.15, -0.1) is 0 Å². The van der Waals surface area contributed by atoms with Gasteiger partial charge in [0.25, 0.3) is 0 Å². The summed E-state index contributed by atoms with van der Waals surface area (Å²) < 4.78 is 45.7. The summed E-state index contributed by atoms with van der Waals surface area (Å²) in [7, 11) is 0. The second-order valence-electron chi connectivity index (χ2n) is 5.12. The molecule has 1 atom stereocenters. The summed E-state index contributed by atoms with van der Waals surface area (Å²) in [6.45, 7) is 2.01. The fraction of sp³-hybridized carbons (Fsp3) is 0.333. The van der Waals surface area contributed by atoms with Gasteiger partial charge in [0.15, 0.2) is 6.61 Å². The van der Waals surface area contributed by atoms with Gasteiger partial charge in [0.2, 0.25) is 11.8 Å². The van der Waals surface area contributed by atoms with Crippen molar-refractivity contribution in [2.45, 2.75) is 26.1 Å². The smallest absolute Gasteiger partial charge is 0.422 e. The van der Waals surface area contributed by atoms with Gasteiger partial charge in [-0.3, -0.25) is 10.1 Å². The molecule has 1 heterocycles. The third kappa shape index (κ3) is 5.49. The summed E-state index contributed by atoms with van der Waals surface area (Å²) in [5.74, 6) is -0.0160. The first-order valence-electron chi connectivity index (χ1n) is 7.03. The van der Waals surface area contributed by atoms with Crippen LogP contribution in [0.2, 0.25) is 0 Å². The van der Waals surface area contributed by atoms with Gasteiger partial charge in [-0.1, -0.05) is 5.16 Å². The number of nitrogens with zero attached hydrogens (tertiary/aromatic N) is 1. The Balaban J connectivity index is 1.87. The molecular weight excluding hydrogens is 327 g/mol. The van der Waals surface area contributed by atoms with Crippen LogP contribution in [0.5, 0.6) is 5.75 Å². The Bertz CT molecular complexity index is 683. The molecule has 0 saturated heterocycles. The topological polar surface area (TPSA) is 76.4 Å². The van der Waals surface area contributed by atoms with E-state index in [0.717, 1.165) is 0 Å². The van der Waals surface area contributed by atoms with Gasteiger partial charge in [-0.05, 0) is 38.1 Å². The number of carbonyl (C=O) groups excluding carboxylic acids is 1. The van der Waals surface area contributed by atoms with Crippen LogP contribution in [-0.2, 0) is 4.79 Å². The van der Waals surface area contributed by atoms with Crippen molar-refractivity contribution in [3.8, 4) is 5.75 Å². The predicted octanol–water partition coefficient (Wildman–Crippen LogP) is 3.36. The minimum Gasteiger partial charge on any atom is -0.484 e. The number of carbonyl (C=O) groups is 1. The number of hydrogen-bond acceptors (Lipinski definition) is 5. The van der Waals surface area contributed by atoms with Gasteiger partial charge in [-0.25, -0.2) is 0 Å². The first-order valence-corrected chi connectivity index (χ1v) is 7.03. The maximum Gasteiger partial charge on any atom is 0.422 e. The van der Waals surface area contributed by atoms with Crippen molar-refractivity contribution in [1.29, 1.82) is 0 Å². The van der Waals surface area contributed by atoms with Crippen molar-refractivity contribution < 1.29 is 27.2 Å². The van der Waals surface area contributed by atoms with Crippen molar-refractivity contribution in [3.05, 3.63) is 36.0 Å². The van der Waals surface area contributed by atoms with E-state index < -0.39 is 18.8 Å². The largest absolute Gasteiger partial charge is 0.484 e. The zero-order valence-electron chi connectivity index (χ0n) is 13.0. The predicted molar refractivity (Wildman–Crippen MR) is 80.9 cm³/mol. The van der Waals surface area contributed by atoms with Crippen LogP contribution in [0.4, 0.5) is 24.7 Å². The fourth-order valence-corrected chi connectivity index (χ4v) is 1.78. The fourth-order valence-electron chi connectivity index (χ4n) is 1.78. The van der Waals surface area contributed by atoms with Gasteiger partial charge in [0.1, 0.15) is 11.8 Å². The molecule has 0 fully saturated rings. The van der Waals surface area contributed by atoms with Crippen LogP contribution in [0.25, 0.3) is 0 Å². The molecule has 9 heteroatoms. The molecule has 1 aromatic carbocycles. The van der Waals surface area contributed by atoms with Crippen molar-refractivity contribution in [2.75, 3.05) is 17.2 Å². The van der Waals surface area contributed by atoms with Gasteiger partial charge < -0.3 is 14.6 Å². The maximum atomic E-state index is 12.1. The number of ether oxygens (including phenoxy) is 1. The molecule has 2 N–H and O–H groups in total. The highest BCUT2D eigenvalue weighted by molar-refractivity contribution is 5.95. The number of rotatable bonds is 6. The third-order valence-corrected chi connectivity index (χ3v) is 2.91. The molecule has 1 amide bonds. The normalized spacial score (nSPS) is 12.5. The lowest BCUT2D eigenvalue weighted by molar-refractivity contribution is -0.153. The number of amides is 1. The molecule has 0 bridgehead atoms. The Morgan fingerprint density at radius 1 is 1.33 bits per heavy atom. The highest BCUT2D eigenvalue weighted by Crippen LogP contribution is 2.20. The average Bonchev–Trinajstić information content (AvgIpc) is 2.91. The van der Waals surface area contributed by atoms with Crippen LogP contribution < -0.4 is 15.4 Å². The van der Waals surface area contributed by atoms with Gasteiger partial charge in [-0.2, -0.15) is 13.2 Å². The van der Waals surface area contributed by atoms with Crippen LogP contribution >= 0.6 is 0 Å². The number of benzene rings is 1. The van der Waals surface area contributed by atoms with E-state index in [-0.39, 0.29) is 17.5 Å². The van der Waals surface area contributed by atoms with Crippen LogP contribution in [0.1, 0.15) is 12.6 Å². The summed E-state index contributed by atoms with van der Waals surface area (Å²) >= 11 is 0. The first-order chi connectivity index (χ1) is 11.2. The SMILES string of the molecule is Cc1cc(NC(=O)[C@@H](C)Nc2ccc(OCC(F)(F)F)cc2)on1. The second kappa shape index (κ2) is 7.24. The van der Waals surface area contributed by atoms with Gasteiger partial charge in [0, 0.05) is 11.8 Å². The van der Waals surface area contributed by atoms with Crippen LogP contribution in [0.3, 0.4) is 0 Å². The Labute approximate surface area is 136 Å². The number of halogens is 3. The van der Waals surface area contributed by atoms with Crippen molar-refractivity contribution in [1.82, 2.24) is 5.16 Å². The second-order valence-corrected chi connectivity index (χ2v) is 5.12. The standard InChI is InChI=1S/C15H16F3N3O3/c1-9-7-13(24-21-9)20-14(22)10(2)19-11-3-5-12(6-4-11)23-8-15(16,17)18/h3-7,10,19H,8H2,1-2H3,(H,20,22)/t10-/m1/s1. The third-order valence-electron chi connectivity index (χ3n) is 2.91. The minimum atomic E-state index is -4.39. The molecule has 6 nitrogen and oxygen atoms in total. The monoisotopic (exact) mass is 343 g/mol. The molecule has 0 unspecified atom stereocenters. The summed E-state index contributed by atoms with van der Waals surface area (Å²) in [6.07, 6.45) is -4.39. The van der Waals surface area contributed by atoms with Crippen LogP contribution in [-0.4, -0.2) is 29.9 Å². The Morgan fingerprint density at radius 3 is 2.54 bits per heavy atom. The number of anilines is 2. The first kappa shape index (κ1) is 17.6. The minimum absolute atomic E-state index is 0.0899. The summed E-state index contributed by atoms with van der Waals surface area (Å²) in [4.78, 5) is 12.0.